The zero-order chi connectivity index (χ0) is 18.0. The molecule has 6 heteroatoms. The van der Waals surface area contributed by atoms with Gasteiger partial charge in [-0.3, -0.25) is 4.79 Å². The van der Waals surface area contributed by atoms with Crippen LogP contribution in [0.25, 0.3) is 10.8 Å². The van der Waals surface area contributed by atoms with Gasteiger partial charge in [-0.2, -0.15) is 8.78 Å². The highest BCUT2D eigenvalue weighted by molar-refractivity contribution is 6.01. The molecule has 1 amide bonds. The monoisotopic (exact) mass is 349 g/mol. The quantitative estimate of drug-likeness (QED) is 0.893. The number of rotatable bonds is 5. The van der Waals surface area contributed by atoms with Crippen LogP contribution < -0.4 is 4.74 Å². The molecule has 0 radical (unpaired) electrons. The first kappa shape index (κ1) is 17.6. The van der Waals surface area contributed by atoms with Crippen molar-refractivity contribution in [3.8, 4) is 5.75 Å². The fourth-order valence-corrected chi connectivity index (χ4v) is 3.48. The maximum Gasteiger partial charge on any atom is 0.387 e. The van der Waals surface area contributed by atoms with Gasteiger partial charge in [0.25, 0.3) is 5.91 Å². The summed E-state index contributed by atoms with van der Waals surface area (Å²) in [4.78, 5) is 14.7. The number of alkyl halides is 2. The second-order valence-corrected chi connectivity index (χ2v) is 6.45. The molecular formula is C19H21F2NO3. The third kappa shape index (κ3) is 3.90. The van der Waals surface area contributed by atoms with Crippen molar-refractivity contribution in [3.05, 3.63) is 42.0 Å². The Morgan fingerprint density at radius 2 is 2.00 bits per heavy atom. The molecule has 0 bridgehead atoms. The molecule has 2 aromatic rings. The number of aliphatic hydroxyl groups excluding tert-OH is 1. The zero-order valence-corrected chi connectivity index (χ0v) is 14.0. The molecule has 2 atom stereocenters. The highest BCUT2D eigenvalue weighted by atomic mass is 19.3. The van der Waals surface area contributed by atoms with Crippen LogP contribution in [-0.2, 0) is 0 Å². The van der Waals surface area contributed by atoms with E-state index in [-0.39, 0.29) is 23.3 Å². The number of amides is 1. The molecule has 1 N–H and O–H groups in total. The van der Waals surface area contributed by atoms with Crippen molar-refractivity contribution in [2.45, 2.75) is 44.9 Å². The van der Waals surface area contributed by atoms with Gasteiger partial charge in [-0.05, 0) is 49.1 Å². The SMILES string of the molecule is CC(O)CC1CCCN1C(=O)c1cc2ccccc2cc1OC(F)F. The lowest BCUT2D eigenvalue weighted by molar-refractivity contribution is -0.0502. The number of aliphatic hydroxyl groups is 1. The third-order valence-corrected chi connectivity index (χ3v) is 4.55. The number of benzene rings is 2. The summed E-state index contributed by atoms with van der Waals surface area (Å²) in [6, 6.07) is 10.2. The summed E-state index contributed by atoms with van der Waals surface area (Å²) in [6.45, 7) is -0.765. The molecule has 0 aliphatic carbocycles. The van der Waals surface area contributed by atoms with Gasteiger partial charge < -0.3 is 14.7 Å². The van der Waals surface area contributed by atoms with Crippen LogP contribution in [0.5, 0.6) is 5.75 Å². The molecule has 1 aliphatic heterocycles. The van der Waals surface area contributed by atoms with Gasteiger partial charge in [0.05, 0.1) is 11.7 Å². The number of hydrogen-bond donors (Lipinski definition) is 1. The Morgan fingerprint density at radius 3 is 2.64 bits per heavy atom. The van der Waals surface area contributed by atoms with E-state index < -0.39 is 12.7 Å². The number of nitrogens with zero attached hydrogens (tertiary/aromatic N) is 1. The number of ether oxygens (including phenoxy) is 1. The standard InChI is InChI=1S/C19H21F2NO3/c1-12(23)9-15-7-4-8-22(15)18(24)16-10-13-5-2-3-6-14(13)11-17(16)25-19(20)21/h2-3,5-6,10-12,15,19,23H,4,7-9H2,1H3. The minimum Gasteiger partial charge on any atom is -0.434 e. The van der Waals surface area contributed by atoms with Crippen molar-refractivity contribution in [3.63, 3.8) is 0 Å². The highest BCUT2D eigenvalue weighted by Gasteiger charge is 2.32. The molecule has 1 fully saturated rings. The molecule has 1 heterocycles. The second kappa shape index (κ2) is 7.35. The Hall–Kier alpha value is -2.21. The van der Waals surface area contributed by atoms with Gasteiger partial charge in [-0.25, -0.2) is 0 Å². The zero-order valence-electron chi connectivity index (χ0n) is 14.0. The second-order valence-electron chi connectivity index (χ2n) is 6.45. The number of hydrogen-bond acceptors (Lipinski definition) is 3. The van der Waals surface area contributed by atoms with Crippen molar-refractivity contribution >= 4 is 16.7 Å². The summed E-state index contributed by atoms with van der Waals surface area (Å²) in [5, 5.41) is 11.2. The predicted octanol–water partition coefficient (Wildman–Crippen LogP) is 3.82. The summed E-state index contributed by atoms with van der Waals surface area (Å²) in [6.07, 6.45) is 1.59. The fraction of sp³-hybridized carbons (Fsp3) is 0.421. The average molecular weight is 349 g/mol. The molecule has 25 heavy (non-hydrogen) atoms. The summed E-state index contributed by atoms with van der Waals surface area (Å²) in [5.74, 6) is -0.439. The topological polar surface area (TPSA) is 49.8 Å². The number of carbonyl (C=O) groups excluding carboxylic acids is 1. The Morgan fingerprint density at radius 1 is 1.32 bits per heavy atom. The van der Waals surface area contributed by atoms with E-state index >= 15 is 0 Å². The maximum atomic E-state index is 13.0. The lowest BCUT2D eigenvalue weighted by atomic mass is 10.0. The van der Waals surface area contributed by atoms with E-state index in [1.54, 1.807) is 30.0 Å². The van der Waals surface area contributed by atoms with Gasteiger partial charge >= 0.3 is 6.61 Å². The van der Waals surface area contributed by atoms with Crippen LogP contribution >= 0.6 is 0 Å². The Bertz CT molecular complexity index is 763. The van der Waals surface area contributed by atoms with Crippen LogP contribution in [-0.4, -0.2) is 41.2 Å². The lowest BCUT2D eigenvalue weighted by Gasteiger charge is -2.26. The molecule has 4 nitrogen and oxygen atoms in total. The normalized spacial score (nSPS) is 18.8. The molecule has 0 spiro atoms. The van der Waals surface area contributed by atoms with Crippen molar-refractivity contribution in [1.29, 1.82) is 0 Å². The van der Waals surface area contributed by atoms with Gasteiger partial charge in [0.1, 0.15) is 5.75 Å². The molecule has 2 unspecified atom stereocenters. The Balaban J connectivity index is 1.98. The molecular weight excluding hydrogens is 328 g/mol. The number of halogens is 2. The smallest absolute Gasteiger partial charge is 0.387 e. The summed E-state index contributed by atoms with van der Waals surface area (Å²) in [5.41, 5.74) is 0.136. The summed E-state index contributed by atoms with van der Waals surface area (Å²) >= 11 is 0. The van der Waals surface area contributed by atoms with Crippen molar-refractivity contribution in [2.24, 2.45) is 0 Å². The Kier molecular flexibility index (Phi) is 5.18. The molecule has 1 aliphatic rings. The minimum atomic E-state index is -3.00. The van der Waals surface area contributed by atoms with Crippen LogP contribution in [0.15, 0.2) is 36.4 Å². The molecule has 0 aromatic heterocycles. The van der Waals surface area contributed by atoms with Gasteiger partial charge in [0.15, 0.2) is 0 Å². The van der Waals surface area contributed by atoms with Gasteiger partial charge in [0.2, 0.25) is 0 Å². The van der Waals surface area contributed by atoms with E-state index in [0.29, 0.717) is 13.0 Å². The van der Waals surface area contributed by atoms with Crippen molar-refractivity contribution in [2.75, 3.05) is 6.54 Å². The first-order chi connectivity index (χ1) is 12.0. The van der Waals surface area contributed by atoms with E-state index in [1.807, 2.05) is 12.1 Å². The van der Waals surface area contributed by atoms with E-state index in [1.165, 1.54) is 6.07 Å². The number of likely N-dealkylation sites (tertiary alicyclic amines) is 1. The van der Waals surface area contributed by atoms with E-state index in [4.69, 9.17) is 0 Å². The van der Waals surface area contributed by atoms with Crippen molar-refractivity contribution < 1.29 is 23.4 Å². The largest absolute Gasteiger partial charge is 0.434 e. The summed E-state index contributed by atoms with van der Waals surface area (Å²) < 4.78 is 30.2. The molecule has 1 saturated heterocycles. The van der Waals surface area contributed by atoms with E-state index in [0.717, 1.165) is 23.6 Å². The first-order valence-electron chi connectivity index (χ1n) is 8.42. The van der Waals surface area contributed by atoms with Gasteiger partial charge in [0, 0.05) is 12.6 Å². The highest BCUT2D eigenvalue weighted by Crippen LogP contribution is 2.31. The van der Waals surface area contributed by atoms with Crippen LogP contribution in [0.2, 0.25) is 0 Å². The van der Waals surface area contributed by atoms with E-state index in [9.17, 15) is 18.7 Å². The molecule has 2 aromatic carbocycles. The van der Waals surface area contributed by atoms with Crippen LogP contribution in [0.1, 0.15) is 36.5 Å². The molecule has 134 valence electrons. The van der Waals surface area contributed by atoms with Crippen LogP contribution in [0.4, 0.5) is 8.78 Å². The summed E-state index contributed by atoms with van der Waals surface area (Å²) in [7, 11) is 0. The minimum absolute atomic E-state index is 0.0848. The molecule has 3 rings (SSSR count). The number of carbonyl (C=O) groups is 1. The fourth-order valence-electron chi connectivity index (χ4n) is 3.48. The van der Waals surface area contributed by atoms with Crippen LogP contribution in [0, 0.1) is 0 Å². The third-order valence-electron chi connectivity index (χ3n) is 4.55. The average Bonchev–Trinajstić information content (AvgIpc) is 3.00. The lowest BCUT2D eigenvalue weighted by Crippen LogP contribution is -2.37. The first-order valence-corrected chi connectivity index (χ1v) is 8.42. The van der Waals surface area contributed by atoms with Crippen molar-refractivity contribution in [1.82, 2.24) is 4.90 Å². The van der Waals surface area contributed by atoms with E-state index in [2.05, 4.69) is 4.74 Å². The van der Waals surface area contributed by atoms with Crippen LogP contribution in [0.3, 0.4) is 0 Å². The molecule has 0 saturated carbocycles. The predicted molar refractivity (Wildman–Crippen MR) is 90.9 cm³/mol. The van der Waals surface area contributed by atoms with Gasteiger partial charge in [-0.1, -0.05) is 24.3 Å². The Labute approximate surface area is 145 Å². The maximum absolute atomic E-state index is 13.0. The number of fused-ring (bicyclic) bond motifs is 1. The van der Waals surface area contributed by atoms with Gasteiger partial charge in [-0.15, -0.1) is 0 Å².